The van der Waals surface area contributed by atoms with Gasteiger partial charge in [0.15, 0.2) is 0 Å². The van der Waals surface area contributed by atoms with Crippen molar-refractivity contribution in [2.24, 2.45) is 5.41 Å². The average Bonchev–Trinajstić information content (AvgIpc) is 3.11. The van der Waals surface area contributed by atoms with Crippen LogP contribution >= 0.6 is 22.6 Å². The molecule has 1 aliphatic rings. The molecule has 0 atom stereocenters. The Hall–Kier alpha value is -1.11. The van der Waals surface area contributed by atoms with E-state index in [1.165, 1.54) is 0 Å². The number of amides is 1. The van der Waals surface area contributed by atoms with Crippen molar-refractivity contribution in [3.8, 4) is 0 Å². The van der Waals surface area contributed by atoms with Gasteiger partial charge in [-0.1, -0.05) is 6.07 Å². The first-order valence-corrected chi connectivity index (χ1v) is 6.81. The first kappa shape index (κ1) is 13.3. The van der Waals surface area contributed by atoms with Gasteiger partial charge in [0.05, 0.1) is 5.41 Å². The number of benzene rings is 1. The first-order valence-electron chi connectivity index (χ1n) is 5.73. The van der Waals surface area contributed by atoms with Gasteiger partial charge in [-0.3, -0.25) is 9.59 Å². The van der Waals surface area contributed by atoms with E-state index in [-0.39, 0.29) is 12.5 Å². The van der Waals surface area contributed by atoms with Gasteiger partial charge in [0.25, 0.3) is 5.91 Å². The minimum Gasteiger partial charge on any atom is -0.481 e. The summed E-state index contributed by atoms with van der Waals surface area (Å²) in [5.74, 6) is -1.01. The topological polar surface area (TPSA) is 66.4 Å². The van der Waals surface area contributed by atoms with E-state index in [0.717, 1.165) is 9.13 Å². The summed E-state index contributed by atoms with van der Waals surface area (Å²) < 4.78 is 1.03. The Kier molecular flexibility index (Phi) is 3.61. The van der Waals surface area contributed by atoms with Gasteiger partial charge in [-0.05, 0) is 60.1 Å². The Labute approximate surface area is 119 Å². The Morgan fingerprint density at radius 2 is 2.11 bits per heavy atom. The predicted molar refractivity (Wildman–Crippen MR) is 75.5 cm³/mol. The summed E-state index contributed by atoms with van der Waals surface area (Å²) in [5, 5.41) is 11.8. The maximum atomic E-state index is 12.0. The van der Waals surface area contributed by atoms with Crippen LogP contribution in [0.4, 0.5) is 0 Å². The molecule has 0 spiro atoms. The number of carbonyl (C=O) groups excluding carboxylic acids is 1. The number of halogens is 1. The molecule has 0 bridgehead atoms. The van der Waals surface area contributed by atoms with Gasteiger partial charge >= 0.3 is 5.97 Å². The summed E-state index contributed by atoms with van der Waals surface area (Å²) in [6.07, 6.45) is 1.29. The molecule has 2 rings (SSSR count). The molecule has 2 N–H and O–H groups in total. The van der Waals surface area contributed by atoms with Crippen molar-refractivity contribution in [3.05, 3.63) is 32.9 Å². The quantitative estimate of drug-likeness (QED) is 0.810. The fourth-order valence-electron chi connectivity index (χ4n) is 1.82. The Morgan fingerprint density at radius 3 is 2.67 bits per heavy atom. The third-order valence-electron chi connectivity index (χ3n) is 3.41. The highest BCUT2D eigenvalue weighted by molar-refractivity contribution is 14.1. The molecule has 5 heteroatoms. The normalized spacial score (nSPS) is 16.1. The fraction of sp³-hybridized carbons (Fsp3) is 0.385. The van der Waals surface area contributed by atoms with Gasteiger partial charge in [-0.2, -0.15) is 0 Å². The summed E-state index contributed by atoms with van der Waals surface area (Å²) in [7, 11) is 0. The van der Waals surface area contributed by atoms with Crippen LogP contribution in [0.25, 0.3) is 0 Å². The third-order valence-corrected chi connectivity index (χ3v) is 4.58. The van der Waals surface area contributed by atoms with E-state index in [2.05, 4.69) is 27.9 Å². The van der Waals surface area contributed by atoms with Crippen molar-refractivity contribution in [2.75, 3.05) is 6.54 Å². The lowest BCUT2D eigenvalue weighted by atomic mass is 10.1. The van der Waals surface area contributed by atoms with Gasteiger partial charge in [-0.25, -0.2) is 0 Å². The number of nitrogens with one attached hydrogen (secondary N) is 1. The molecule has 1 aromatic rings. The van der Waals surface area contributed by atoms with E-state index in [4.69, 9.17) is 5.11 Å². The standard InChI is InChI=1S/C13H14INO3/c1-8-9(3-2-4-10(8)14)11(16)15-7-13(5-6-13)12(17)18/h2-4H,5-7H2,1H3,(H,15,16)(H,17,18). The largest absolute Gasteiger partial charge is 0.481 e. The highest BCUT2D eigenvalue weighted by Gasteiger charge is 2.50. The van der Waals surface area contributed by atoms with Crippen LogP contribution in [0, 0.1) is 15.9 Å². The summed E-state index contributed by atoms with van der Waals surface area (Å²) >= 11 is 2.18. The predicted octanol–water partition coefficient (Wildman–Crippen LogP) is 2.19. The third kappa shape index (κ3) is 2.50. The molecule has 0 heterocycles. The molecule has 18 heavy (non-hydrogen) atoms. The van der Waals surface area contributed by atoms with E-state index in [1.807, 2.05) is 19.1 Å². The molecule has 0 unspecified atom stereocenters. The molecule has 1 fully saturated rings. The molecule has 0 aromatic heterocycles. The zero-order valence-corrected chi connectivity index (χ0v) is 12.2. The van der Waals surface area contributed by atoms with Crippen LogP contribution in [-0.2, 0) is 4.79 Å². The maximum absolute atomic E-state index is 12.0. The van der Waals surface area contributed by atoms with Gasteiger partial charge in [-0.15, -0.1) is 0 Å². The molecule has 1 saturated carbocycles. The number of carboxylic acid groups (broad SMARTS) is 1. The van der Waals surface area contributed by atoms with Crippen LogP contribution in [0.2, 0.25) is 0 Å². The highest BCUT2D eigenvalue weighted by Crippen LogP contribution is 2.45. The van der Waals surface area contributed by atoms with E-state index < -0.39 is 11.4 Å². The summed E-state index contributed by atoms with van der Waals surface area (Å²) in [6, 6.07) is 5.52. The SMILES string of the molecule is Cc1c(I)cccc1C(=O)NCC1(C(=O)O)CC1. The lowest BCUT2D eigenvalue weighted by Crippen LogP contribution is -2.34. The second-order valence-corrected chi connectivity index (χ2v) is 5.84. The van der Waals surface area contributed by atoms with Crippen LogP contribution in [0.1, 0.15) is 28.8 Å². The van der Waals surface area contributed by atoms with Gasteiger partial charge in [0.2, 0.25) is 0 Å². The monoisotopic (exact) mass is 359 g/mol. The zero-order chi connectivity index (χ0) is 13.3. The highest BCUT2D eigenvalue weighted by atomic mass is 127. The summed E-state index contributed by atoms with van der Waals surface area (Å²) in [5.41, 5.74) is 0.824. The number of hydrogen-bond acceptors (Lipinski definition) is 2. The van der Waals surface area contributed by atoms with E-state index >= 15 is 0 Å². The Bertz CT molecular complexity index is 509. The number of carboxylic acids is 1. The molecule has 96 valence electrons. The molecular weight excluding hydrogens is 345 g/mol. The summed E-state index contributed by atoms with van der Waals surface area (Å²) in [4.78, 5) is 23.0. The lowest BCUT2D eigenvalue weighted by Gasteiger charge is -2.12. The zero-order valence-electron chi connectivity index (χ0n) is 10.00. The van der Waals surface area contributed by atoms with Gasteiger partial charge < -0.3 is 10.4 Å². The molecule has 1 amide bonds. The van der Waals surface area contributed by atoms with Crippen molar-refractivity contribution in [3.63, 3.8) is 0 Å². The molecule has 1 aromatic carbocycles. The minimum absolute atomic E-state index is 0.196. The van der Waals surface area contributed by atoms with Crippen LogP contribution in [0.3, 0.4) is 0 Å². The second kappa shape index (κ2) is 4.87. The lowest BCUT2D eigenvalue weighted by molar-refractivity contribution is -0.143. The van der Waals surface area contributed by atoms with Crippen LogP contribution in [0.5, 0.6) is 0 Å². The maximum Gasteiger partial charge on any atom is 0.311 e. The second-order valence-electron chi connectivity index (χ2n) is 4.68. The van der Waals surface area contributed by atoms with Crippen molar-refractivity contribution < 1.29 is 14.7 Å². The number of carbonyl (C=O) groups is 2. The van der Waals surface area contributed by atoms with Crippen molar-refractivity contribution in [2.45, 2.75) is 19.8 Å². The minimum atomic E-state index is -0.817. The fourth-order valence-corrected chi connectivity index (χ4v) is 2.31. The molecule has 4 nitrogen and oxygen atoms in total. The molecule has 1 aliphatic carbocycles. The van der Waals surface area contributed by atoms with E-state index in [9.17, 15) is 9.59 Å². The van der Waals surface area contributed by atoms with Crippen molar-refractivity contribution >= 4 is 34.5 Å². The molecule has 0 radical (unpaired) electrons. The Balaban J connectivity index is 2.05. The summed E-state index contributed by atoms with van der Waals surface area (Å²) in [6.45, 7) is 2.10. The van der Waals surface area contributed by atoms with Crippen molar-refractivity contribution in [1.82, 2.24) is 5.32 Å². The van der Waals surface area contributed by atoms with Crippen LogP contribution in [-0.4, -0.2) is 23.5 Å². The van der Waals surface area contributed by atoms with Gasteiger partial charge in [0, 0.05) is 15.7 Å². The number of hydrogen-bond donors (Lipinski definition) is 2. The average molecular weight is 359 g/mol. The molecule has 0 saturated heterocycles. The van der Waals surface area contributed by atoms with Crippen LogP contribution in [0.15, 0.2) is 18.2 Å². The van der Waals surface area contributed by atoms with Crippen molar-refractivity contribution in [1.29, 1.82) is 0 Å². The van der Waals surface area contributed by atoms with Gasteiger partial charge in [0.1, 0.15) is 0 Å². The number of rotatable bonds is 4. The van der Waals surface area contributed by atoms with E-state index in [1.54, 1.807) is 6.07 Å². The molecular formula is C13H14INO3. The molecule has 0 aliphatic heterocycles. The Morgan fingerprint density at radius 1 is 1.44 bits per heavy atom. The smallest absolute Gasteiger partial charge is 0.311 e. The number of aliphatic carboxylic acids is 1. The first-order chi connectivity index (χ1) is 8.46. The van der Waals surface area contributed by atoms with E-state index in [0.29, 0.717) is 18.4 Å². The van der Waals surface area contributed by atoms with Crippen LogP contribution < -0.4 is 5.32 Å².